The van der Waals surface area contributed by atoms with Crippen molar-refractivity contribution in [2.45, 2.75) is 25.4 Å². The van der Waals surface area contributed by atoms with Crippen LogP contribution in [0.4, 0.5) is 0 Å². The SMILES string of the molecule is COc1cccc([C@H]2c3[nH]c4ccccc4c3CCN2CCCn2cccn2)c1. The molecule has 1 aliphatic rings. The molecule has 0 fully saturated rings. The van der Waals surface area contributed by atoms with Gasteiger partial charge in [-0.2, -0.15) is 5.10 Å². The molecular weight excluding hydrogens is 360 g/mol. The van der Waals surface area contributed by atoms with Crippen molar-refractivity contribution < 1.29 is 4.74 Å². The third-order valence-electron chi connectivity index (χ3n) is 5.94. The maximum atomic E-state index is 5.52. The van der Waals surface area contributed by atoms with Crippen LogP contribution in [0.25, 0.3) is 10.9 Å². The zero-order valence-corrected chi connectivity index (χ0v) is 16.7. The number of H-pyrrole nitrogens is 1. The number of ether oxygens (including phenoxy) is 1. The zero-order chi connectivity index (χ0) is 19.6. The molecule has 5 heteroatoms. The van der Waals surface area contributed by atoms with Crippen LogP contribution in [0.3, 0.4) is 0 Å². The molecular formula is C24H26N4O. The summed E-state index contributed by atoms with van der Waals surface area (Å²) in [6.45, 7) is 3.01. The van der Waals surface area contributed by atoms with E-state index in [1.807, 2.05) is 29.2 Å². The second-order valence-electron chi connectivity index (χ2n) is 7.65. The molecule has 5 nitrogen and oxygen atoms in total. The number of nitrogens with zero attached hydrogens (tertiary/aromatic N) is 3. The first-order valence-corrected chi connectivity index (χ1v) is 10.3. The minimum Gasteiger partial charge on any atom is -0.497 e. The van der Waals surface area contributed by atoms with Gasteiger partial charge < -0.3 is 9.72 Å². The number of rotatable bonds is 6. The number of nitrogens with one attached hydrogen (secondary N) is 1. The fraction of sp³-hybridized carbons (Fsp3) is 0.292. The third kappa shape index (κ3) is 3.42. The quantitative estimate of drug-likeness (QED) is 0.534. The first-order valence-electron chi connectivity index (χ1n) is 10.3. The number of hydrogen-bond donors (Lipinski definition) is 1. The Morgan fingerprint density at radius 1 is 1.10 bits per heavy atom. The lowest BCUT2D eigenvalue weighted by molar-refractivity contribution is 0.203. The summed E-state index contributed by atoms with van der Waals surface area (Å²) in [6, 6.07) is 19.3. The third-order valence-corrected chi connectivity index (χ3v) is 5.94. The monoisotopic (exact) mass is 386 g/mol. The summed E-state index contributed by atoms with van der Waals surface area (Å²) < 4.78 is 7.53. The first kappa shape index (κ1) is 18.0. The molecule has 2 aromatic carbocycles. The van der Waals surface area contributed by atoms with Crippen molar-refractivity contribution in [3.8, 4) is 5.75 Å². The highest BCUT2D eigenvalue weighted by molar-refractivity contribution is 5.85. The summed E-state index contributed by atoms with van der Waals surface area (Å²) >= 11 is 0. The van der Waals surface area contributed by atoms with Gasteiger partial charge >= 0.3 is 0 Å². The van der Waals surface area contributed by atoms with Gasteiger partial charge in [-0.1, -0.05) is 30.3 Å². The van der Waals surface area contributed by atoms with Gasteiger partial charge in [0.1, 0.15) is 5.75 Å². The molecule has 3 heterocycles. The number of aromatic amines is 1. The van der Waals surface area contributed by atoms with Crippen LogP contribution in [-0.2, 0) is 13.0 Å². The predicted octanol–water partition coefficient (Wildman–Crippen LogP) is 4.41. The van der Waals surface area contributed by atoms with Crippen molar-refractivity contribution in [1.82, 2.24) is 19.7 Å². The maximum Gasteiger partial charge on any atom is 0.119 e. The molecule has 0 bridgehead atoms. The highest BCUT2D eigenvalue weighted by atomic mass is 16.5. The second-order valence-corrected chi connectivity index (χ2v) is 7.65. The van der Waals surface area contributed by atoms with Crippen molar-refractivity contribution in [3.05, 3.63) is 83.8 Å². The van der Waals surface area contributed by atoms with E-state index in [9.17, 15) is 0 Å². The van der Waals surface area contributed by atoms with Crippen LogP contribution in [0.1, 0.15) is 29.3 Å². The number of aryl methyl sites for hydroxylation is 1. The lowest BCUT2D eigenvalue weighted by Gasteiger charge is -2.36. The molecule has 0 spiro atoms. The Bertz CT molecular complexity index is 1100. The Kier molecular flexibility index (Phi) is 4.82. The normalized spacial score (nSPS) is 16.8. The molecule has 0 unspecified atom stereocenters. The van der Waals surface area contributed by atoms with E-state index >= 15 is 0 Å². The lowest BCUT2D eigenvalue weighted by Crippen LogP contribution is -2.37. The fourth-order valence-electron chi connectivity index (χ4n) is 4.59. The maximum absolute atomic E-state index is 5.52. The van der Waals surface area contributed by atoms with Gasteiger partial charge in [-0.25, -0.2) is 0 Å². The van der Waals surface area contributed by atoms with Crippen LogP contribution in [0.5, 0.6) is 5.75 Å². The summed E-state index contributed by atoms with van der Waals surface area (Å²) in [5.74, 6) is 0.905. The molecule has 29 heavy (non-hydrogen) atoms. The summed E-state index contributed by atoms with van der Waals surface area (Å²) in [4.78, 5) is 6.33. The lowest BCUT2D eigenvalue weighted by atomic mass is 9.92. The van der Waals surface area contributed by atoms with Crippen LogP contribution < -0.4 is 4.74 Å². The van der Waals surface area contributed by atoms with Crippen LogP contribution in [0, 0.1) is 0 Å². The van der Waals surface area contributed by atoms with Gasteiger partial charge in [0.25, 0.3) is 0 Å². The van der Waals surface area contributed by atoms with Crippen LogP contribution >= 0.6 is 0 Å². The van der Waals surface area contributed by atoms with Gasteiger partial charge in [-0.3, -0.25) is 9.58 Å². The fourth-order valence-corrected chi connectivity index (χ4v) is 4.59. The zero-order valence-electron chi connectivity index (χ0n) is 16.7. The Balaban J connectivity index is 1.50. The predicted molar refractivity (Wildman–Crippen MR) is 115 cm³/mol. The topological polar surface area (TPSA) is 46.1 Å². The van der Waals surface area contributed by atoms with E-state index in [0.717, 1.165) is 38.2 Å². The molecule has 0 saturated carbocycles. The number of aromatic nitrogens is 3. The Hall–Kier alpha value is -3.05. The standard InChI is InChI=1S/C24H26N4O/c1-29-19-8-4-7-18(17-19)24-23-21(20-9-2-3-10-22(20)26-23)11-16-27(24)13-6-15-28-14-5-12-25-28/h2-5,7-10,12,14,17,24,26H,6,11,13,15-16H2,1H3/t24-/m0/s1. The van der Waals surface area contributed by atoms with Crippen LogP contribution in [0.15, 0.2) is 67.0 Å². The minimum absolute atomic E-state index is 0.207. The average molecular weight is 386 g/mol. The van der Waals surface area contributed by atoms with Crippen molar-refractivity contribution in [1.29, 1.82) is 0 Å². The molecule has 0 saturated heterocycles. The molecule has 1 aliphatic heterocycles. The largest absolute Gasteiger partial charge is 0.497 e. The van der Waals surface area contributed by atoms with Crippen LogP contribution in [-0.4, -0.2) is 39.9 Å². The van der Waals surface area contributed by atoms with Crippen molar-refractivity contribution in [2.24, 2.45) is 0 Å². The van der Waals surface area contributed by atoms with Crippen molar-refractivity contribution in [3.63, 3.8) is 0 Å². The molecule has 4 aromatic rings. The summed E-state index contributed by atoms with van der Waals surface area (Å²) in [5.41, 5.74) is 5.28. The van der Waals surface area contributed by atoms with E-state index in [4.69, 9.17) is 4.74 Å². The molecule has 1 atom stereocenters. The summed E-state index contributed by atoms with van der Waals surface area (Å²) in [7, 11) is 1.73. The van der Waals surface area contributed by atoms with Gasteiger partial charge in [-0.15, -0.1) is 0 Å². The molecule has 0 radical (unpaired) electrons. The van der Waals surface area contributed by atoms with E-state index in [2.05, 4.69) is 57.4 Å². The Morgan fingerprint density at radius 3 is 2.90 bits per heavy atom. The number of hydrogen-bond acceptors (Lipinski definition) is 3. The van der Waals surface area contributed by atoms with E-state index in [1.54, 1.807) is 7.11 Å². The first-order chi connectivity index (χ1) is 14.3. The number of para-hydroxylation sites is 1. The Morgan fingerprint density at radius 2 is 2.03 bits per heavy atom. The van der Waals surface area contributed by atoms with E-state index in [-0.39, 0.29) is 6.04 Å². The number of methoxy groups -OCH3 is 1. The van der Waals surface area contributed by atoms with Gasteiger partial charge in [0, 0.05) is 48.6 Å². The molecule has 1 N–H and O–H groups in total. The summed E-state index contributed by atoms with van der Waals surface area (Å²) in [5, 5.41) is 5.69. The Labute approximate surface area is 170 Å². The molecule has 148 valence electrons. The number of fused-ring (bicyclic) bond motifs is 3. The minimum atomic E-state index is 0.207. The van der Waals surface area contributed by atoms with Crippen molar-refractivity contribution in [2.75, 3.05) is 20.2 Å². The van der Waals surface area contributed by atoms with E-state index < -0.39 is 0 Å². The molecule has 0 aliphatic carbocycles. The highest BCUT2D eigenvalue weighted by Gasteiger charge is 2.31. The van der Waals surface area contributed by atoms with Crippen molar-refractivity contribution >= 4 is 10.9 Å². The smallest absolute Gasteiger partial charge is 0.119 e. The molecule has 0 amide bonds. The van der Waals surface area contributed by atoms with Gasteiger partial charge in [-0.05, 0) is 48.2 Å². The van der Waals surface area contributed by atoms with Gasteiger partial charge in [0.15, 0.2) is 0 Å². The van der Waals surface area contributed by atoms with E-state index in [0.29, 0.717) is 0 Å². The molecule has 2 aromatic heterocycles. The van der Waals surface area contributed by atoms with Gasteiger partial charge in [0.05, 0.1) is 13.2 Å². The highest BCUT2D eigenvalue weighted by Crippen LogP contribution is 2.39. The van der Waals surface area contributed by atoms with Crippen LogP contribution in [0.2, 0.25) is 0 Å². The van der Waals surface area contributed by atoms with E-state index in [1.165, 1.54) is 27.7 Å². The number of benzene rings is 2. The molecule has 5 rings (SSSR count). The second kappa shape index (κ2) is 7.76. The van der Waals surface area contributed by atoms with Gasteiger partial charge in [0.2, 0.25) is 0 Å². The summed E-state index contributed by atoms with van der Waals surface area (Å²) in [6.07, 6.45) is 6.02. The average Bonchev–Trinajstić information content (AvgIpc) is 3.41.